The first-order valence-corrected chi connectivity index (χ1v) is 22.3. The van der Waals surface area contributed by atoms with Crippen LogP contribution in [-0.4, -0.2) is 19.5 Å². The van der Waals surface area contributed by atoms with Crippen LogP contribution in [0.15, 0.2) is 186 Å². The monoisotopic (exact) mass is 826 g/mol. The molecule has 14 rings (SSSR count). The van der Waals surface area contributed by atoms with Crippen LogP contribution in [0.3, 0.4) is 0 Å². The molecule has 5 nitrogen and oxygen atoms in total. The molecule has 14 aromatic rings. The first kappa shape index (κ1) is 34.0. The largest absolute Gasteiger partial charge is 0.455 e. The van der Waals surface area contributed by atoms with E-state index in [1.165, 1.54) is 51.1 Å². The van der Waals surface area contributed by atoms with Gasteiger partial charge in [-0.05, 0) is 71.4 Å². The molecule has 0 amide bonds. The summed E-state index contributed by atoms with van der Waals surface area (Å²) in [5.41, 5.74) is 7.55. The predicted molar refractivity (Wildman–Crippen MR) is 261 cm³/mol. The van der Waals surface area contributed by atoms with E-state index in [9.17, 15) is 0 Å². The number of furan rings is 1. The molecule has 5 heterocycles. The normalized spacial score (nSPS) is 12.2. The highest BCUT2D eigenvalue weighted by Crippen LogP contribution is 2.45. The van der Waals surface area contributed by atoms with Crippen LogP contribution < -0.4 is 0 Å². The molecule has 0 unspecified atom stereocenters. The maximum Gasteiger partial charge on any atom is 0.167 e. The van der Waals surface area contributed by atoms with Gasteiger partial charge in [-0.25, -0.2) is 15.0 Å². The first-order chi connectivity index (χ1) is 30.7. The summed E-state index contributed by atoms with van der Waals surface area (Å²) < 4.78 is 14.1. The van der Waals surface area contributed by atoms with Gasteiger partial charge in [-0.1, -0.05) is 121 Å². The fourth-order valence-corrected chi connectivity index (χ4v) is 12.0. The molecule has 0 saturated heterocycles. The number of thiophene rings is 2. The lowest BCUT2D eigenvalue weighted by Gasteiger charge is -2.13. The van der Waals surface area contributed by atoms with Crippen LogP contribution in [0.4, 0.5) is 0 Å². The Hall–Kier alpha value is -7.71. The standard InChI is InChI=1S/C55H30N4OS2/c1-2-14-32-28-44-40(27-31(32)13-1)34-15-3-7-21-43(34)59(44)33-29-41-35-16-4-8-22-45(35)60-52(41)42(30-33)55-57-53(38-19-11-25-48-50(38)36-17-5-9-23-46(36)61-48)56-54(58-55)39-20-12-26-49-51(39)37-18-6-10-24-47(37)62-49/h1-30H. The second-order valence-electron chi connectivity index (χ2n) is 15.9. The highest BCUT2D eigenvalue weighted by Gasteiger charge is 2.24. The Morgan fingerprint density at radius 3 is 1.58 bits per heavy atom. The Bertz CT molecular complexity index is 4060. The van der Waals surface area contributed by atoms with Gasteiger partial charge in [0.25, 0.3) is 0 Å². The summed E-state index contributed by atoms with van der Waals surface area (Å²) >= 11 is 3.59. The van der Waals surface area contributed by atoms with E-state index in [4.69, 9.17) is 19.4 Å². The smallest absolute Gasteiger partial charge is 0.167 e. The fourth-order valence-electron chi connectivity index (χ4n) is 9.70. The average Bonchev–Trinajstić information content (AvgIpc) is 4.09. The highest BCUT2D eigenvalue weighted by molar-refractivity contribution is 7.26. The van der Waals surface area contributed by atoms with E-state index in [2.05, 4.69) is 174 Å². The molecule has 0 spiro atoms. The molecule has 0 N–H and O–H groups in total. The molecule has 7 heteroatoms. The summed E-state index contributed by atoms with van der Waals surface area (Å²) in [6.07, 6.45) is 0. The lowest BCUT2D eigenvalue weighted by molar-refractivity contribution is 0.669. The van der Waals surface area contributed by atoms with Gasteiger partial charge in [0.15, 0.2) is 17.5 Å². The van der Waals surface area contributed by atoms with Crippen molar-refractivity contribution >= 4 is 118 Å². The molecule has 0 aliphatic carbocycles. The Morgan fingerprint density at radius 1 is 0.371 bits per heavy atom. The van der Waals surface area contributed by atoms with Crippen LogP contribution in [0, 0.1) is 0 Å². The van der Waals surface area contributed by atoms with Crippen LogP contribution in [0.5, 0.6) is 0 Å². The molecule has 5 aromatic heterocycles. The molecule has 0 saturated carbocycles. The second kappa shape index (κ2) is 12.9. The Labute approximate surface area is 361 Å². The fraction of sp³-hybridized carbons (Fsp3) is 0. The number of rotatable bonds is 4. The van der Waals surface area contributed by atoms with Crippen LogP contribution in [0.2, 0.25) is 0 Å². The summed E-state index contributed by atoms with van der Waals surface area (Å²) in [4.78, 5) is 16.4. The molecule has 62 heavy (non-hydrogen) atoms. The minimum Gasteiger partial charge on any atom is -0.455 e. The number of aromatic nitrogens is 4. The van der Waals surface area contributed by atoms with Crippen molar-refractivity contribution < 1.29 is 4.42 Å². The van der Waals surface area contributed by atoms with E-state index in [-0.39, 0.29) is 0 Å². The highest BCUT2D eigenvalue weighted by atomic mass is 32.1. The third-order valence-electron chi connectivity index (χ3n) is 12.4. The maximum absolute atomic E-state index is 6.86. The van der Waals surface area contributed by atoms with Crippen molar-refractivity contribution in [1.29, 1.82) is 0 Å². The Kier molecular flexibility index (Phi) is 7.08. The van der Waals surface area contributed by atoms with E-state index < -0.39 is 0 Å². The Balaban J connectivity index is 1.11. The van der Waals surface area contributed by atoms with Crippen molar-refractivity contribution in [2.75, 3.05) is 0 Å². The van der Waals surface area contributed by atoms with E-state index in [0.717, 1.165) is 66.1 Å². The van der Waals surface area contributed by atoms with Gasteiger partial charge >= 0.3 is 0 Å². The van der Waals surface area contributed by atoms with Gasteiger partial charge in [0.05, 0.1) is 16.6 Å². The summed E-state index contributed by atoms with van der Waals surface area (Å²) in [6, 6.07) is 64.9. The topological polar surface area (TPSA) is 56.7 Å². The maximum atomic E-state index is 6.86. The minimum absolute atomic E-state index is 0.551. The van der Waals surface area contributed by atoms with Gasteiger partial charge in [0.1, 0.15) is 11.2 Å². The molecule has 9 aromatic carbocycles. The van der Waals surface area contributed by atoms with E-state index in [0.29, 0.717) is 17.5 Å². The molecule has 0 fully saturated rings. The number of para-hydroxylation sites is 2. The lowest BCUT2D eigenvalue weighted by atomic mass is 10.0. The molecule has 288 valence electrons. The van der Waals surface area contributed by atoms with Crippen LogP contribution in [0.25, 0.3) is 135 Å². The summed E-state index contributed by atoms with van der Waals surface area (Å²) in [6.45, 7) is 0. The van der Waals surface area contributed by atoms with Crippen molar-refractivity contribution in [3.05, 3.63) is 182 Å². The first-order valence-electron chi connectivity index (χ1n) is 20.7. The van der Waals surface area contributed by atoms with E-state index >= 15 is 0 Å². The van der Waals surface area contributed by atoms with Gasteiger partial charge < -0.3 is 8.98 Å². The minimum atomic E-state index is 0.551. The number of hydrogen-bond donors (Lipinski definition) is 0. The number of nitrogens with zero attached hydrogens (tertiary/aromatic N) is 4. The van der Waals surface area contributed by atoms with Gasteiger partial charge in [-0.2, -0.15) is 0 Å². The summed E-state index contributed by atoms with van der Waals surface area (Å²) in [5, 5.41) is 11.5. The molecule has 0 atom stereocenters. The summed E-state index contributed by atoms with van der Waals surface area (Å²) in [5.74, 6) is 1.79. The van der Waals surface area contributed by atoms with E-state index in [1.54, 1.807) is 22.7 Å². The molecule has 0 aliphatic rings. The van der Waals surface area contributed by atoms with Gasteiger partial charge in [0.2, 0.25) is 0 Å². The average molecular weight is 827 g/mol. The zero-order valence-electron chi connectivity index (χ0n) is 32.8. The van der Waals surface area contributed by atoms with Gasteiger partial charge in [-0.3, -0.25) is 0 Å². The molecule has 0 bridgehead atoms. The molecular formula is C55H30N4OS2. The Morgan fingerprint density at radius 2 is 0.903 bits per heavy atom. The summed E-state index contributed by atoms with van der Waals surface area (Å²) in [7, 11) is 0. The van der Waals surface area contributed by atoms with Crippen molar-refractivity contribution in [3.8, 4) is 39.9 Å². The van der Waals surface area contributed by atoms with Crippen molar-refractivity contribution in [3.63, 3.8) is 0 Å². The number of hydrogen-bond acceptors (Lipinski definition) is 6. The van der Waals surface area contributed by atoms with Crippen molar-refractivity contribution in [1.82, 2.24) is 19.5 Å². The lowest BCUT2D eigenvalue weighted by Crippen LogP contribution is -2.02. The van der Waals surface area contributed by atoms with Gasteiger partial charge in [0, 0.05) is 78.7 Å². The molecule has 0 aliphatic heterocycles. The van der Waals surface area contributed by atoms with Crippen molar-refractivity contribution in [2.24, 2.45) is 0 Å². The zero-order chi connectivity index (χ0) is 40.5. The van der Waals surface area contributed by atoms with E-state index in [1.807, 2.05) is 12.1 Å². The van der Waals surface area contributed by atoms with Crippen molar-refractivity contribution in [2.45, 2.75) is 0 Å². The quantitative estimate of drug-likeness (QED) is 0.177. The van der Waals surface area contributed by atoms with Gasteiger partial charge in [-0.15, -0.1) is 22.7 Å². The third kappa shape index (κ3) is 4.92. The predicted octanol–water partition coefficient (Wildman–Crippen LogP) is 15.8. The molecule has 0 radical (unpaired) electrons. The SMILES string of the molecule is c1ccc2cc3c(cc2c1)c1ccccc1n3-c1cc(-c2nc(-c3cccc4sc5ccccc5c34)nc(-c3cccc4sc5ccccc5c34)n2)c2oc3ccccc3c2c1. The van der Waals surface area contributed by atoms with Crippen LogP contribution >= 0.6 is 22.7 Å². The number of benzene rings is 9. The zero-order valence-corrected chi connectivity index (χ0v) is 34.5. The van der Waals surface area contributed by atoms with Crippen LogP contribution in [0.1, 0.15) is 0 Å². The molecular weight excluding hydrogens is 797 g/mol. The number of fused-ring (bicyclic) bond motifs is 13. The third-order valence-corrected chi connectivity index (χ3v) is 14.7. The second-order valence-corrected chi connectivity index (χ2v) is 18.1. The van der Waals surface area contributed by atoms with Crippen LogP contribution in [-0.2, 0) is 0 Å².